The highest BCUT2D eigenvalue weighted by atomic mass is 16.3. The van der Waals surface area contributed by atoms with Gasteiger partial charge in [-0.25, -0.2) is 4.68 Å². The van der Waals surface area contributed by atoms with E-state index in [9.17, 15) is 4.79 Å². The van der Waals surface area contributed by atoms with Crippen molar-refractivity contribution in [2.75, 3.05) is 19.6 Å². The van der Waals surface area contributed by atoms with Gasteiger partial charge in [-0.2, -0.15) is 5.10 Å². The van der Waals surface area contributed by atoms with Crippen LogP contribution in [0.25, 0.3) is 11.5 Å². The summed E-state index contributed by atoms with van der Waals surface area (Å²) < 4.78 is 6.79. The minimum Gasteiger partial charge on any atom is -0.463 e. The van der Waals surface area contributed by atoms with Gasteiger partial charge >= 0.3 is 0 Å². The highest BCUT2D eigenvalue weighted by Crippen LogP contribution is 2.14. The van der Waals surface area contributed by atoms with Crippen molar-refractivity contribution in [3.05, 3.63) is 40.9 Å². The fourth-order valence-electron chi connectivity index (χ4n) is 1.94. The molecule has 2 rings (SSSR count). The van der Waals surface area contributed by atoms with Gasteiger partial charge in [-0.1, -0.05) is 13.8 Å². The first kappa shape index (κ1) is 13.5. The summed E-state index contributed by atoms with van der Waals surface area (Å²) in [5.74, 6) is 0.677. The van der Waals surface area contributed by atoms with Gasteiger partial charge < -0.3 is 9.32 Å². The van der Waals surface area contributed by atoms with E-state index in [-0.39, 0.29) is 5.56 Å². The van der Waals surface area contributed by atoms with E-state index >= 15 is 0 Å². The summed E-state index contributed by atoms with van der Waals surface area (Å²) in [6.45, 7) is 7.58. The molecule has 0 aliphatic carbocycles. The quantitative estimate of drug-likeness (QED) is 0.796. The van der Waals surface area contributed by atoms with Gasteiger partial charge in [0, 0.05) is 12.6 Å². The van der Waals surface area contributed by atoms with Gasteiger partial charge in [-0.05, 0) is 31.3 Å². The number of hydrogen-bond donors (Lipinski definition) is 0. The molecule has 5 heteroatoms. The van der Waals surface area contributed by atoms with Crippen LogP contribution in [0.2, 0.25) is 0 Å². The molecule has 0 saturated heterocycles. The Kier molecular flexibility index (Phi) is 4.52. The van der Waals surface area contributed by atoms with E-state index in [1.807, 2.05) is 12.1 Å². The van der Waals surface area contributed by atoms with Crippen LogP contribution in [0.15, 0.2) is 39.7 Å². The summed E-state index contributed by atoms with van der Waals surface area (Å²) in [6, 6.07) is 6.87. The zero-order valence-electron chi connectivity index (χ0n) is 11.4. The van der Waals surface area contributed by atoms with Crippen LogP contribution in [0.3, 0.4) is 0 Å². The molecule has 0 atom stereocenters. The molecule has 0 aromatic carbocycles. The van der Waals surface area contributed by atoms with Crippen molar-refractivity contribution in [1.29, 1.82) is 0 Å². The number of likely N-dealkylation sites (N-methyl/N-ethyl adjacent to an activating group) is 1. The van der Waals surface area contributed by atoms with E-state index in [2.05, 4.69) is 23.8 Å². The normalized spacial score (nSPS) is 11.1. The van der Waals surface area contributed by atoms with Gasteiger partial charge in [0.05, 0.1) is 12.8 Å². The molecule has 19 heavy (non-hydrogen) atoms. The molecular formula is C14H19N3O2. The maximum absolute atomic E-state index is 11.8. The van der Waals surface area contributed by atoms with E-state index in [1.165, 1.54) is 10.7 Å². The number of nitrogens with zero attached hydrogens (tertiary/aromatic N) is 3. The molecule has 102 valence electrons. The minimum absolute atomic E-state index is 0.0811. The van der Waals surface area contributed by atoms with Crippen molar-refractivity contribution >= 4 is 0 Å². The Balaban J connectivity index is 2.16. The van der Waals surface area contributed by atoms with E-state index < -0.39 is 0 Å². The lowest BCUT2D eigenvalue weighted by atomic mass is 10.3. The predicted octanol–water partition coefficient (Wildman–Crippen LogP) is 1.85. The van der Waals surface area contributed by atoms with Crippen molar-refractivity contribution in [1.82, 2.24) is 14.7 Å². The number of hydrogen-bond acceptors (Lipinski definition) is 4. The lowest BCUT2D eigenvalue weighted by Gasteiger charge is -2.17. The standard InChI is InChI=1S/C14H19N3O2/c1-3-16(4-2)9-10-17-14(18)8-7-12(15-17)13-6-5-11-19-13/h5-8,11H,3-4,9-10H2,1-2H3. The summed E-state index contributed by atoms with van der Waals surface area (Å²) in [5.41, 5.74) is 0.603. The molecule has 5 nitrogen and oxygen atoms in total. The molecule has 0 bridgehead atoms. The smallest absolute Gasteiger partial charge is 0.266 e. The third-order valence-corrected chi connectivity index (χ3v) is 3.16. The first-order valence-electron chi connectivity index (χ1n) is 6.59. The Labute approximate surface area is 112 Å². The summed E-state index contributed by atoms with van der Waals surface area (Å²) in [4.78, 5) is 14.0. The maximum Gasteiger partial charge on any atom is 0.266 e. The zero-order chi connectivity index (χ0) is 13.7. The van der Waals surface area contributed by atoms with Crippen LogP contribution in [-0.2, 0) is 6.54 Å². The molecule has 2 aromatic heterocycles. The summed E-state index contributed by atoms with van der Waals surface area (Å²) in [7, 11) is 0. The van der Waals surface area contributed by atoms with Gasteiger partial charge in [0.15, 0.2) is 5.76 Å². The predicted molar refractivity (Wildman–Crippen MR) is 74.0 cm³/mol. The van der Waals surface area contributed by atoms with Crippen LogP contribution in [0.5, 0.6) is 0 Å². The summed E-state index contributed by atoms with van der Waals surface area (Å²) >= 11 is 0. The first-order chi connectivity index (χ1) is 9.24. The first-order valence-corrected chi connectivity index (χ1v) is 6.59. The highest BCUT2D eigenvalue weighted by Gasteiger charge is 2.06. The van der Waals surface area contributed by atoms with Crippen LogP contribution < -0.4 is 5.56 Å². The molecular weight excluding hydrogens is 242 g/mol. The SMILES string of the molecule is CCN(CC)CCn1nc(-c2ccco2)ccc1=O. The number of rotatable bonds is 6. The average Bonchev–Trinajstić information content (AvgIpc) is 2.96. The van der Waals surface area contributed by atoms with Crippen LogP contribution >= 0.6 is 0 Å². The lowest BCUT2D eigenvalue weighted by Crippen LogP contribution is -2.31. The van der Waals surface area contributed by atoms with Gasteiger partial charge in [0.25, 0.3) is 5.56 Å². The topological polar surface area (TPSA) is 51.3 Å². The number of furan rings is 1. The van der Waals surface area contributed by atoms with Gasteiger partial charge in [-0.15, -0.1) is 0 Å². The fraction of sp³-hybridized carbons (Fsp3) is 0.429. The van der Waals surface area contributed by atoms with Crippen LogP contribution in [0, 0.1) is 0 Å². The van der Waals surface area contributed by atoms with Crippen molar-refractivity contribution in [3.8, 4) is 11.5 Å². The molecule has 0 fully saturated rings. The monoisotopic (exact) mass is 261 g/mol. The van der Waals surface area contributed by atoms with Crippen molar-refractivity contribution < 1.29 is 4.42 Å². The van der Waals surface area contributed by atoms with Crippen LogP contribution in [0.4, 0.5) is 0 Å². The molecule has 0 aliphatic rings. The molecule has 2 heterocycles. The van der Waals surface area contributed by atoms with Gasteiger partial charge in [0.2, 0.25) is 0 Å². The molecule has 2 aromatic rings. The zero-order valence-corrected chi connectivity index (χ0v) is 11.4. The van der Waals surface area contributed by atoms with Crippen LogP contribution in [-0.4, -0.2) is 34.3 Å². The average molecular weight is 261 g/mol. The summed E-state index contributed by atoms with van der Waals surface area (Å²) in [5, 5.41) is 4.34. The van der Waals surface area contributed by atoms with Gasteiger partial charge in [0.1, 0.15) is 5.69 Å². The Bertz CT molecular complexity index is 556. The minimum atomic E-state index is -0.0811. The molecule has 0 saturated carbocycles. The Morgan fingerprint density at radius 1 is 1.26 bits per heavy atom. The van der Waals surface area contributed by atoms with Gasteiger partial charge in [-0.3, -0.25) is 4.79 Å². The second-order valence-corrected chi connectivity index (χ2v) is 4.28. The molecule has 0 unspecified atom stereocenters. The molecule has 0 N–H and O–H groups in total. The van der Waals surface area contributed by atoms with Crippen molar-refractivity contribution in [3.63, 3.8) is 0 Å². The van der Waals surface area contributed by atoms with Crippen molar-refractivity contribution in [2.24, 2.45) is 0 Å². The maximum atomic E-state index is 11.8. The second-order valence-electron chi connectivity index (χ2n) is 4.28. The van der Waals surface area contributed by atoms with E-state index in [0.29, 0.717) is 18.0 Å². The Morgan fingerprint density at radius 2 is 2.05 bits per heavy atom. The third kappa shape index (κ3) is 3.32. The Hall–Kier alpha value is -1.88. The van der Waals surface area contributed by atoms with Crippen molar-refractivity contribution in [2.45, 2.75) is 20.4 Å². The molecule has 0 aliphatic heterocycles. The fourth-order valence-corrected chi connectivity index (χ4v) is 1.94. The number of aromatic nitrogens is 2. The Morgan fingerprint density at radius 3 is 2.68 bits per heavy atom. The largest absolute Gasteiger partial charge is 0.463 e. The lowest BCUT2D eigenvalue weighted by molar-refractivity contribution is 0.282. The third-order valence-electron chi connectivity index (χ3n) is 3.16. The van der Waals surface area contributed by atoms with E-state index in [0.717, 1.165) is 19.6 Å². The second kappa shape index (κ2) is 6.33. The molecule has 0 radical (unpaired) electrons. The highest BCUT2D eigenvalue weighted by molar-refractivity contribution is 5.50. The summed E-state index contributed by atoms with van der Waals surface area (Å²) in [6.07, 6.45) is 1.60. The van der Waals surface area contributed by atoms with E-state index in [4.69, 9.17) is 4.42 Å². The van der Waals surface area contributed by atoms with Crippen LogP contribution in [0.1, 0.15) is 13.8 Å². The molecule has 0 amide bonds. The van der Waals surface area contributed by atoms with E-state index in [1.54, 1.807) is 12.3 Å². The molecule has 0 spiro atoms.